The number of benzene rings is 3. The number of nitrogens with one attached hydrogen (secondary N) is 1. The van der Waals surface area contributed by atoms with Gasteiger partial charge in [0.1, 0.15) is 22.8 Å². The minimum Gasteiger partial charge on any atom is -0.495 e. The van der Waals surface area contributed by atoms with E-state index in [0.717, 1.165) is 0 Å². The van der Waals surface area contributed by atoms with Crippen molar-refractivity contribution in [3.05, 3.63) is 96.1 Å². The molecule has 172 valence electrons. The molecule has 4 rings (SSSR count). The first kappa shape index (κ1) is 22.5. The maximum absolute atomic E-state index is 12.6. The third-order valence-corrected chi connectivity index (χ3v) is 4.61. The summed E-state index contributed by atoms with van der Waals surface area (Å²) in [5, 5.41) is 6.50. The summed E-state index contributed by atoms with van der Waals surface area (Å²) >= 11 is 0. The van der Waals surface area contributed by atoms with E-state index in [-0.39, 0.29) is 36.2 Å². The minimum absolute atomic E-state index is 0.0647. The second-order valence-electron chi connectivity index (χ2n) is 7.02. The molecule has 9 heteroatoms. The zero-order valence-corrected chi connectivity index (χ0v) is 18.3. The number of para-hydroxylation sites is 4. The third kappa shape index (κ3) is 5.77. The number of carbonyl (C=O) groups excluding carboxylic acids is 2. The number of esters is 1. The lowest BCUT2D eigenvalue weighted by molar-refractivity contribution is -0.115. The number of aromatic nitrogens is 2. The third-order valence-electron chi connectivity index (χ3n) is 4.61. The van der Waals surface area contributed by atoms with Gasteiger partial charge in [0, 0.05) is 0 Å². The fraction of sp³-hybridized carbons (Fsp3) is 0.120. The molecule has 3 aromatic carbocycles. The van der Waals surface area contributed by atoms with E-state index in [1.807, 2.05) is 18.2 Å². The second kappa shape index (κ2) is 10.8. The van der Waals surface area contributed by atoms with Crippen LogP contribution in [0.2, 0.25) is 0 Å². The molecule has 0 saturated heterocycles. The molecule has 4 aromatic rings. The molecule has 0 fully saturated rings. The molecule has 0 spiro atoms. The van der Waals surface area contributed by atoms with Crippen LogP contribution in [0.15, 0.2) is 83.4 Å². The summed E-state index contributed by atoms with van der Waals surface area (Å²) < 4.78 is 21.4. The van der Waals surface area contributed by atoms with E-state index < -0.39 is 5.97 Å². The van der Waals surface area contributed by atoms with E-state index in [4.69, 9.17) is 18.7 Å². The number of hydrogen-bond acceptors (Lipinski definition) is 8. The van der Waals surface area contributed by atoms with Gasteiger partial charge < -0.3 is 24.1 Å². The van der Waals surface area contributed by atoms with Crippen LogP contribution in [0.3, 0.4) is 0 Å². The number of methoxy groups -OCH3 is 1. The largest absolute Gasteiger partial charge is 0.495 e. The van der Waals surface area contributed by atoms with Gasteiger partial charge in [0.15, 0.2) is 12.4 Å². The van der Waals surface area contributed by atoms with Gasteiger partial charge in [0.25, 0.3) is 5.89 Å². The first-order chi connectivity index (χ1) is 16.6. The van der Waals surface area contributed by atoms with Crippen LogP contribution in [0.4, 0.5) is 5.69 Å². The maximum Gasteiger partial charge on any atom is 0.342 e. The molecule has 0 bridgehead atoms. The van der Waals surface area contributed by atoms with E-state index >= 15 is 0 Å². The van der Waals surface area contributed by atoms with Crippen LogP contribution < -0.4 is 14.8 Å². The van der Waals surface area contributed by atoms with Crippen LogP contribution in [0.1, 0.15) is 22.1 Å². The quantitative estimate of drug-likeness (QED) is 0.366. The Balaban J connectivity index is 1.33. The summed E-state index contributed by atoms with van der Waals surface area (Å²) in [6.07, 6.45) is -0.122. The van der Waals surface area contributed by atoms with Crippen LogP contribution in [0.5, 0.6) is 17.2 Å². The molecule has 0 unspecified atom stereocenters. The van der Waals surface area contributed by atoms with Gasteiger partial charge >= 0.3 is 5.97 Å². The predicted molar refractivity (Wildman–Crippen MR) is 122 cm³/mol. The van der Waals surface area contributed by atoms with E-state index in [1.165, 1.54) is 7.11 Å². The highest BCUT2D eigenvalue weighted by Gasteiger charge is 2.17. The summed E-state index contributed by atoms with van der Waals surface area (Å²) in [4.78, 5) is 29.0. The molecule has 0 aliphatic heterocycles. The van der Waals surface area contributed by atoms with Crippen molar-refractivity contribution in [1.82, 2.24) is 10.1 Å². The van der Waals surface area contributed by atoms with Crippen molar-refractivity contribution < 1.29 is 28.3 Å². The molecule has 0 saturated carbocycles. The predicted octanol–water partition coefficient (Wildman–Crippen LogP) is 4.41. The molecule has 1 N–H and O–H groups in total. The summed E-state index contributed by atoms with van der Waals surface area (Å²) in [6.45, 7) is -0.250. The molecule has 0 atom stereocenters. The Morgan fingerprint density at radius 1 is 0.912 bits per heavy atom. The summed E-state index contributed by atoms with van der Waals surface area (Å²) in [5.41, 5.74) is 0.784. The number of amides is 1. The lowest BCUT2D eigenvalue weighted by Gasteiger charge is -2.10. The highest BCUT2D eigenvalue weighted by atomic mass is 16.6. The van der Waals surface area contributed by atoms with Crippen LogP contribution in [-0.4, -0.2) is 29.1 Å². The van der Waals surface area contributed by atoms with Crippen LogP contribution >= 0.6 is 0 Å². The summed E-state index contributed by atoms with van der Waals surface area (Å²) in [7, 11) is 1.52. The van der Waals surface area contributed by atoms with Crippen molar-refractivity contribution in [2.75, 3.05) is 12.4 Å². The van der Waals surface area contributed by atoms with Crippen LogP contribution in [0.25, 0.3) is 0 Å². The molecule has 34 heavy (non-hydrogen) atoms. The zero-order valence-electron chi connectivity index (χ0n) is 18.3. The summed E-state index contributed by atoms with van der Waals surface area (Å²) in [5.74, 6) is 0.754. The number of carbonyl (C=O) groups is 2. The Bertz CT molecular complexity index is 1270. The SMILES string of the molecule is COc1ccccc1NC(=O)Cc1noc(COC(=O)c2ccccc2Oc2ccccc2)n1. The van der Waals surface area contributed by atoms with Gasteiger partial charge in [-0.2, -0.15) is 4.98 Å². The Hall–Kier alpha value is -4.66. The highest BCUT2D eigenvalue weighted by Crippen LogP contribution is 2.26. The molecule has 0 aliphatic rings. The molecule has 1 aromatic heterocycles. The zero-order chi connectivity index (χ0) is 23.8. The van der Waals surface area contributed by atoms with Gasteiger partial charge in [0.05, 0.1) is 19.2 Å². The molecular weight excluding hydrogens is 438 g/mol. The van der Waals surface area contributed by atoms with Gasteiger partial charge in [-0.3, -0.25) is 4.79 Å². The van der Waals surface area contributed by atoms with Gasteiger partial charge in [-0.05, 0) is 36.4 Å². The second-order valence-corrected chi connectivity index (χ2v) is 7.02. The average Bonchev–Trinajstić information content (AvgIpc) is 3.31. The van der Waals surface area contributed by atoms with E-state index in [1.54, 1.807) is 60.7 Å². The normalized spacial score (nSPS) is 10.4. The lowest BCUT2D eigenvalue weighted by atomic mass is 10.2. The topological polar surface area (TPSA) is 113 Å². The van der Waals surface area contributed by atoms with Gasteiger partial charge in [-0.1, -0.05) is 47.6 Å². The van der Waals surface area contributed by atoms with Crippen LogP contribution in [0, 0.1) is 0 Å². The average molecular weight is 459 g/mol. The standard InChI is InChI=1S/C25H21N3O6/c1-31-21-14-8-6-12-19(21)26-23(29)15-22-27-24(34-28-22)16-32-25(30)18-11-5-7-13-20(18)33-17-9-3-2-4-10-17/h2-14H,15-16H2,1H3,(H,26,29). The van der Waals surface area contributed by atoms with Gasteiger partial charge in [-0.15, -0.1) is 0 Å². The number of hydrogen-bond donors (Lipinski definition) is 1. The monoisotopic (exact) mass is 459 g/mol. The van der Waals surface area contributed by atoms with Crippen molar-refractivity contribution in [3.8, 4) is 17.2 Å². The summed E-state index contributed by atoms with van der Waals surface area (Å²) in [6, 6.07) is 22.9. The van der Waals surface area contributed by atoms with Crippen LogP contribution in [-0.2, 0) is 22.6 Å². The van der Waals surface area contributed by atoms with E-state index in [9.17, 15) is 9.59 Å². The van der Waals surface area contributed by atoms with Gasteiger partial charge in [-0.25, -0.2) is 4.79 Å². The number of ether oxygens (including phenoxy) is 3. The van der Waals surface area contributed by atoms with Crippen molar-refractivity contribution in [2.24, 2.45) is 0 Å². The van der Waals surface area contributed by atoms with Crippen molar-refractivity contribution >= 4 is 17.6 Å². The Kier molecular flexibility index (Phi) is 7.14. The first-order valence-electron chi connectivity index (χ1n) is 10.4. The fourth-order valence-electron chi connectivity index (χ4n) is 3.05. The lowest BCUT2D eigenvalue weighted by Crippen LogP contribution is -2.15. The van der Waals surface area contributed by atoms with Crippen molar-refractivity contribution in [2.45, 2.75) is 13.0 Å². The maximum atomic E-state index is 12.6. The highest BCUT2D eigenvalue weighted by molar-refractivity contribution is 5.93. The van der Waals surface area contributed by atoms with E-state index in [0.29, 0.717) is 22.9 Å². The number of anilines is 1. The first-order valence-corrected chi connectivity index (χ1v) is 10.4. The van der Waals surface area contributed by atoms with E-state index in [2.05, 4.69) is 15.5 Å². The Labute approximate surface area is 195 Å². The molecule has 1 heterocycles. The van der Waals surface area contributed by atoms with Crippen molar-refractivity contribution in [1.29, 1.82) is 0 Å². The molecular formula is C25H21N3O6. The number of rotatable bonds is 9. The molecule has 0 aliphatic carbocycles. The smallest absolute Gasteiger partial charge is 0.342 e. The van der Waals surface area contributed by atoms with Gasteiger partial charge in [0.2, 0.25) is 5.91 Å². The molecule has 1 amide bonds. The number of nitrogens with zero attached hydrogens (tertiary/aromatic N) is 2. The Morgan fingerprint density at radius 2 is 1.62 bits per heavy atom. The minimum atomic E-state index is -0.611. The fourth-order valence-corrected chi connectivity index (χ4v) is 3.05. The molecule has 9 nitrogen and oxygen atoms in total. The van der Waals surface area contributed by atoms with Crippen molar-refractivity contribution in [3.63, 3.8) is 0 Å². The molecule has 0 radical (unpaired) electrons. The Morgan fingerprint density at radius 3 is 2.41 bits per heavy atom.